The predicted octanol–water partition coefficient (Wildman–Crippen LogP) is 3.70. The van der Waals surface area contributed by atoms with Gasteiger partial charge in [0.05, 0.1) is 5.52 Å². The highest BCUT2D eigenvalue weighted by Crippen LogP contribution is 2.21. The van der Waals surface area contributed by atoms with Gasteiger partial charge in [-0.2, -0.15) is 0 Å². The first-order valence-corrected chi connectivity index (χ1v) is 8.65. The van der Waals surface area contributed by atoms with Gasteiger partial charge in [0.2, 0.25) is 0 Å². The molecule has 1 unspecified atom stereocenters. The largest absolute Gasteiger partial charge is 0.484 e. The molecule has 0 aliphatic rings. The van der Waals surface area contributed by atoms with E-state index < -0.39 is 0 Å². The number of fused-ring (bicyclic) bond motifs is 1. The summed E-state index contributed by atoms with van der Waals surface area (Å²) in [4.78, 5) is 9.64. The summed E-state index contributed by atoms with van der Waals surface area (Å²) in [6.45, 7) is 5.99. The Kier molecular flexibility index (Phi) is 6.53. The molecule has 0 amide bonds. The number of oxime groups is 1. The third kappa shape index (κ3) is 5.43. The van der Waals surface area contributed by atoms with E-state index in [2.05, 4.69) is 26.2 Å². The molecule has 0 radical (unpaired) electrons. The average Bonchev–Trinajstić information content (AvgIpc) is 2.60. The number of nitrogens with zero attached hydrogens (tertiary/aromatic N) is 2. The van der Waals surface area contributed by atoms with Crippen LogP contribution in [-0.2, 0) is 4.84 Å². The van der Waals surface area contributed by atoms with E-state index in [1.54, 1.807) is 12.4 Å². The van der Waals surface area contributed by atoms with Crippen molar-refractivity contribution in [3.63, 3.8) is 0 Å². The van der Waals surface area contributed by atoms with E-state index in [1.807, 2.05) is 45.0 Å². The van der Waals surface area contributed by atoms with Gasteiger partial charge in [0.1, 0.15) is 24.0 Å². The smallest absolute Gasteiger partial charge is 0.146 e. The minimum atomic E-state index is -0.287. The maximum absolute atomic E-state index is 5.99. The number of pyridine rings is 1. The molecular formula is C20H23N3O2S. The molecule has 5 nitrogen and oxygen atoms in total. The van der Waals surface area contributed by atoms with Gasteiger partial charge < -0.3 is 14.9 Å². The normalized spacial score (nSPS) is 12.6. The van der Waals surface area contributed by atoms with Crippen molar-refractivity contribution >= 4 is 34.3 Å². The highest BCUT2D eigenvalue weighted by Gasteiger charge is 2.21. The fourth-order valence-corrected chi connectivity index (χ4v) is 2.67. The summed E-state index contributed by atoms with van der Waals surface area (Å²) in [5.41, 5.74) is 1.34. The molecule has 136 valence electrons. The molecule has 2 rings (SSSR count). The molecule has 0 bridgehead atoms. The first-order valence-electron chi connectivity index (χ1n) is 8.25. The number of terminal acetylenes is 1. The molecule has 26 heavy (non-hydrogen) atoms. The lowest BCUT2D eigenvalue weighted by Gasteiger charge is -2.28. The molecule has 1 heterocycles. The van der Waals surface area contributed by atoms with Crippen LogP contribution in [0.25, 0.3) is 10.9 Å². The number of aromatic nitrogens is 1. The van der Waals surface area contributed by atoms with Crippen LogP contribution in [0.2, 0.25) is 0 Å². The second kappa shape index (κ2) is 8.63. The van der Waals surface area contributed by atoms with E-state index in [1.165, 1.54) is 7.11 Å². The van der Waals surface area contributed by atoms with Gasteiger partial charge in [-0.05, 0) is 45.0 Å². The molecular weight excluding hydrogens is 346 g/mol. The minimum Gasteiger partial charge on any atom is -0.484 e. The van der Waals surface area contributed by atoms with E-state index >= 15 is 0 Å². The molecule has 1 atom stereocenters. The highest BCUT2D eigenvalue weighted by atomic mass is 32.1. The van der Waals surface area contributed by atoms with Gasteiger partial charge in [0.25, 0.3) is 0 Å². The van der Waals surface area contributed by atoms with Gasteiger partial charge in [-0.15, -0.1) is 6.42 Å². The van der Waals surface area contributed by atoms with Crippen LogP contribution >= 0.6 is 12.2 Å². The van der Waals surface area contributed by atoms with Crippen LogP contribution in [0.3, 0.4) is 0 Å². The van der Waals surface area contributed by atoms with Crippen molar-refractivity contribution in [3.8, 4) is 18.1 Å². The average molecular weight is 369 g/mol. The number of benzene rings is 1. The zero-order valence-electron chi connectivity index (χ0n) is 15.4. The number of hydrogen-bond donors (Lipinski definition) is 1. The zero-order chi connectivity index (χ0) is 19.2. The quantitative estimate of drug-likeness (QED) is 0.349. The van der Waals surface area contributed by atoms with Gasteiger partial charge >= 0.3 is 0 Å². The number of nitrogens with one attached hydrogen (secondary N) is 1. The molecule has 1 aromatic heterocycles. The Labute approximate surface area is 159 Å². The van der Waals surface area contributed by atoms with Crippen molar-refractivity contribution in [1.29, 1.82) is 0 Å². The molecule has 0 fully saturated rings. The van der Waals surface area contributed by atoms with Gasteiger partial charge in [-0.1, -0.05) is 23.3 Å². The molecule has 0 aliphatic heterocycles. The van der Waals surface area contributed by atoms with Crippen molar-refractivity contribution in [2.24, 2.45) is 5.16 Å². The van der Waals surface area contributed by atoms with E-state index in [0.29, 0.717) is 17.2 Å². The summed E-state index contributed by atoms with van der Waals surface area (Å²) in [6.07, 6.45) is 9.21. The number of thiocarbonyl (C=S) groups is 1. The van der Waals surface area contributed by atoms with E-state index in [-0.39, 0.29) is 11.6 Å². The summed E-state index contributed by atoms with van der Waals surface area (Å²) >= 11 is 5.49. The third-order valence-electron chi connectivity index (χ3n) is 3.74. The van der Waals surface area contributed by atoms with E-state index in [4.69, 9.17) is 23.4 Å². The summed E-state index contributed by atoms with van der Waals surface area (Å²) < 4.78 is 5.99. The standard InChI is InChI=1S/C20H23N3O2S/c1-6-15-11-16-12-17(7-8-18(16)21-13-15)25-14(2)19(26)23-20(3,4)9-10-22-24-5/h1,7-8,10-14H,9H2,2-5H3,(H,23,26). The van der Waals surface area contributed by atoms with Gasteiger partial charge in [-0.3, -0.25) is 4.98 Å². The SMILES string of the molecule is C#Cc1cnc2ccc(OC(C)C(=S)NC(C)(C)CC=NOC)cc2c1. The predicted molar refractivity (Wildman–Crippen MR) is 110 cm³/mol. The Balaban J connectivity index is 2.05. The van der Waals surface area contributed by atoms with Crippen LogP contribution in [0, 0.1) is 12.3 Å². The molecule has 0 spiro atoms. The summed E-state index contributed by atoms with van der Waals surface area (Å²) in [5, 5.41) is 8.00. The Morgan fingerprint density at radius 3 is 2.92 bits per heavy atom. The first-order chi connectivity index (χ1) is 12.3. The Morgan fingerprint density at radius 1 is 1.46 bits per heavy atom. The summed E-state index contributed by atoms with van der Waals surface area (Å²) in [7, 11) is 1.52. The fourth-order valence-electron chi connectivity index (χ4n) is 2.35. The van der Waals surface area contributed by atoms with Crippen LogP contribution in [-0.4, -0.2) is 34.9 Å². The highest BCUT2D eigenvalue weighted by molar-refractivity contribution is 7.80. The van der Waals surface area contributed by atoms with Crippen molar-refractivity contribution in [1.82, 2.24) is 10.3 Å². The summed E-state index contributed by atoms with van der Waals surface area (Å²) in [5.74, 6) is 3.30. The monoisotopic (exact) mass is 369 g/mol. The fraction of sp³-hybridized carbons (Fsp3) is 0.350. The topological polar surface area (TPSA) is 55.7 Å². The lowest BCUT2D eigenvalue weighted by Crippen LogP contribution is -2.47. The molecule has 0 aliphatic carbocycles. The maximum Gasteiger partial charge on any atom is 0.146 e. The summed E-state index contributed by atoms with van der Waals surface area (Å²) in [6, 6.07) is 7.60. The van der Waals surface area contributed by atoms with Gasteiger partial charge in [-0.25, -0.2) is 0 Å². The molecule has 1 aromatic carbocycles. The minimum absolute atomic E-state index is 0.258. The third-order valence-corrected chi connectivity index (χ3v) is 4.18. The van der Waals surface area contributed by atoms with Crippen molar-refractivity contribution in [2.45, 2.75) is 38.8 Å². The first kappa shape index (κ1) is 19.7. The van der Waals surface area contributed by atoms with Crippen LogP contribution in [0.15, 0.2) is 35.6 Å². The molecule has 6 heteroatoms. The number of ether oxygens (including phenoxy) is 1. The zero-order valence-corrected chi connectivity index (χ0v) is 16.3. The lowest BCUT2D eigenvalue weighted by molar-refractivity contribution is 0.213. The second-order valence-electron chi connectivity index (χ2n) is 6.53. The Bertz CT molecular complexity index is 856. The van der Waals surface area contributed by atoms with Crippen LogP contribution in [0.1, 0.15) is 32.8 Å². The number of rotatable bonds is 7. The van der Waals surface area contributed by atoms with Gasteiger partial charge in [0, 0.05) is 35.3 Å². The van der Waals surface area contributed by atoms with Crippen LogP contribution in [0.5, 0.6) is 5.75 Å². The maximum atomic E-state index is 5.99. The van der Waals surface area contributed by atoms with Crippen LogP contribution in [0.4, 0.5) is 0 Å². The molecule has 0 saturated carbocycles. The number of hydrogen-bond acceptors (Lipinski definition) is 5. The van der Waals surface area contributed by atoms with Crippen LogP contribution < -0.4 is 10.1 Å². The van der Waals surface area contributed by atoms with E-state index in [9.17, 15) is 0 Å². The Hall–Kier alpha value is -2.65. The molecule has 1 N–H and O–H groups in total. The van der Waals surface area contributed by atoms with Crippen molar-refractivity contribution < 1.29 is 9.57 Å². The van der Waals surface area contributed by atoms with E-state index in [0.717, 1.165) is 16.5 Å². The lowest BCUT2D eigenvalue weighted by atomic mass is 10.0. The molecule has 0 saturated heterocycles. The van der Waals surface area contributed by atoms with Gasteiger partial charge in [0.15, 0.2) is 0 Å². The Morgan fingerprint density at radius 2 is 2.23 bits per heavy atom. The van der Waals surface area contributed by atoms with Crippen molar-refractivity contribution in [2.75, 3.05) is 7.11 Å². The molecule has 2 aromatic rings. The second-order valence-corrected chi connectivity index (χ2v) is 6.97. The van der Waals surface area contributed by atoms with Crippen molar-refractivity contribution in [3.05, 3.63) is 36.0 Å².